The zero-order valence-electron chi connectivity index (χ0n) is 28.4. The van der Waals surface area contributed by atoms with E-state index in [1.54, 1.807) is 25.1 Å². The Kier molecular flexibility index (Phi) is 9.68. The number of esters is 2. The quantitative estimate of drug-likeness (QED) is 0.189. The van der Waals surface area contributed by atoms with E-state index in [0.717, 1.165) is 37.5 Å². The number of carbonyl (C=O) groups excluding carboxylic acids is 5. The van der Waals surface area contributed by atoms with Gasteiger partial charge >= 0.3 is 11.9 Å². The van der Waals surface area contributed by atoms with E-state index in [4.69, 9.17) is 9.15 Å². The Labute approximate surface area is 288 Å². The van der Waals surface area contributed by atoms with Crippen molar-refractivity contribution in [3.63, 3.8) is 0 Å². The van der Waals surface area contributed by atoms with Gasteiger partial charge in [-0.25, -0.2) is 4.79 Å². The van der Waals surface area contributed by atoms with E-state index in [-0.39, 0.29) is 42.7 Å². The molecule has 50 heavy (non-hydrogen) atoms. The molecule has 4 aliphatic rings. The Morgan fingerprint density at radius 2 is 1.76 bits per heavy atom. The van der Waals surface area contributed by atoms with E-state index in [0.29, 0.717) is 29.4 Å². The number of benzene rings is 1. The van der Waals surface area contributed by atoms with Gasteiger partial charge in [0.25, 0.3) is 11.5 Å². The zero-order valence-corrected chi connectivity index (χ0v) is 28.4. The average Bonchev–Trinajstić information content (AvgIpc) is 3.42. The predicted molar refractivity (Wildman–Crippen MR) is 182 cm³/mol. The molecule has 0 spiro atoms. The van der Waals surface area contributed by atoms with Gasteiger partial charge in [-0.2, -0.15) is 0 Å². The molecule has 264 valence electrons. The van der Waals surface area contributed by atoms with Crippen molar-refractivity contribution in [1.29, 1.82) is 0 Å². The van der Waals surface area contributed by atoms with Crippen LogP contribution in [0.4, 0.5) is 5.69 Å². The molecule has 3 amide bonds. The van der Waals surface area contributed by atoms with E-state index in [2.05, 4.69) is 20.7 Å². The van der Waals surface area contributed by atoms with Crippen LogP contribution in [0.2, 0.25) is 0 Å². The highest BCUT2D eigenvalue weighted by Gasteiger charge is 2.61. The molecule has 0 aliphatic heterocycles. The summed E-state index contributed by atoms with van der Waals surface area (Å²) < 4.78 is 16.8. The number of anilines is 1. The number of fused-ring (bicyclic) bond motifs is 1. The normalized spacial score (nSPS) is 24.1. The van der Waals surface area contributed by atoms with Gasteiger partial charge in [0.15, 0.2) is 5.76 Å². The third kappa shape index (κ3) is 6.94. The van der Waals surface area contributed by atoms with E-state index in [1.165, 1.54) is 43.2 Å². The van der Waals surface area contributed by atoms with Crippen LogP contribution in [0.1, 0.15) is 67.5 Å². The Bertz CT molecular complexity index is 1910. The van der Waals surface area contributed by atoms with Gasteiger partial charge in [-0.15, -0.1) is 0 Å². The molecule has 1 aromatic carbocycles. The largest absolute Gasteiger partial charge is 0.469 e. The van der Waals surface area contributed by atoms with Crippen molar-refractivity contribution in [2.75, 3.05) is 19.5 Å². The number of hydrogen-bond donors (Lipinski definition) is 3. The lowest BCUT2D eigenvalue weighted by molar-refractivity contribution is -0.173. The van der Waals surface area contributed by atoms with Gasteiger partial charge in [0.2, 0.25) is 11.8 Å². The highest BCUT2D eigenvalue weighted by Crippen LogP contribution is 2.62. The number of rotatable bonds is 12. The number of para-hydroxylation sites is 1. The summed E-state index contributed by atoms with van der Waals surface area (Å²) in [6, 6.07) is 9.04. The first-order valence-electron chi connectivity index (χ1n) is 16.9. The second-order valence-corrected chi connectivity index (χ2v) is 14.0. The van der Waals surface area contributed by atoms with E-state index >= 15 is 0 Å². The Balaban J connectivity index is 1.15. The minimum Gasteiger partial charge on any atom is -0.469 e. The van der Waals surface area contributed by atoms with Crippen LogP contribution in [-0.4, -0.2) is 60.0 Å². The Morgan fingerprint density at radius 3 is 2.46 bits per heavy atom. The number of aromatic nitrogens is 1. The number of carbonyl (C=O) groups is 5. The van der Waals surface area contributed by atoms with Crippen molar-refractivity contribution < 1.29 is 37.9 Å². The fraction of sp³-hybridized carbons (Fsp3) is 0.459. The molecular weight excluding hydrogens is 644 g/mol. The number of amides is 3. The monoisotopic (exact) mass is 686 g/mol. The summed E-state index contributed by atoms with van der Waals surface area (Å²) in [7, 11) is 2.66. The van der Waals surface area contributed by atoms with Gasteiger partial charge in [-0.05, 0) is 88.3 Å². The molecule has 0 saturated heterocycles. The summed E-state index contributed by atoms with van der Waals surface area (Å²) in [6.07, 6.45) is 9.21. The first kappa shape index (κ1) is 34.7. The highest BCUT2D eigenvalue weighted by atomic mass is 16.5. The van der Waals surface area contributed by atoms with Crippen LogP contribution in [0.25, 0.3) is 11.0 Å². The molecule has 2 aromatic heterocycles. The number of allylic oxidation sites excluding steroid dienone is 1. The highest BCUT2D eigenvalue weighted by molar-refractivity contribution is 6.03. The maximum atomic E-state index is 13.6. The van der Waals surface area contributed by atoms with Gasteiger partial charge in [-0.1, -0.05) is 24.3 Å². The molecule has 7 rings (SSSR count). The smallest absolute Gasteiger partial charge is 0.330 e. The molecule has 4 saturated carbocycles. The lowest BCUT2D eigenvalue weighted by atomic mass is 9.47. The number of pyridine rings is 1. The van der Waals surface area contributed by atoms with E-state index in [9.17, 15) is 28.8 Å². The molecule has 3 aromatic rings. The summed E-state index contributed by atoms with van der Waals surface area (Å²) in [5.41, 5.74) is -0.655. The van der Waals surface area contributed by atoms with Gasteiger partial charge in [0.1, 0.15) is 23.9 Å². The molecule has 4 fully saturated rings. The third-order valence-electron chi connectivity index (χ3n) is 10.4. The molecule has 4 aliphatic carbocycles. The van der Waals surface area contributed by atoms with Crippen molar-refractivity contribution in [2.24, 2.45) is 17.3 Å². The lowest BCUT2D eigenvalue weighted by Gasteiger charge is -2.60. The maximum absolute atomic E-state index is 13.6. The number of nitrogens with zero attached hydrogens (tertiary/aromatic N) is 1. The summed E-state index contributed by atoms with van der Waals surface area (Å²) in [6.45, 7) is 1.46. The van der Waals surface area contributed by atoms with Crippen LogP contribution in [0, 0.1) is 24.2 Å². The summed E-state index contributed by atoms with van der Waals surface area (Å²) in [5.74, 6) is -1.70. The SMILES string of the molecule is COC(=O)/C=C/CC[C@H](NC(=O)c1oc2ccccc2c1C)C(=O)Nc1cccn(CC(=O)NC23CC4CC(C2)CC(C(=O)OC)(C4)C3)c1=O. The van der Waals surface area contributed by atoms with Crippen LogP contribution in [0.5, 0.6) is 0 Å². The second-order valence-electron chi connectivity index (χ2n) is 14.0. The van der Waals surface area contributed by atoms with Crippen LogP contribution < -0.4 is 21.5 Å². The van der Waals surface area contributed by atoms with E-state index in [1.807, 2.05) is 12.1 Å². The van der Waals surface area contributed by atoms with Gasteiger partial charge in [0.05, 0.1) is 19.6 Å². The topological polar surface area (TPSA) is 175 Å². The van der Waals surface area contributed by atoms with Gasteiger partial charge < -0.3 is 34.4 Å². The summed E-state index contributed by atoms with van der Waals surface area (Å²) >= 11 is 0. The molecule has 2 unspecified atom stereocenters. The molecule has 3 atom stereocenters. The first-order chi connectivity index (χ1) is 23.9. The average molecular weight is 687 g/mol. The Morgan fingerprint density at radius 1 is 1.02 bits per heavy atom. The van der Waals surface area contributed by atoms with Crippen molar-refractivity contribution in [3.8, 4) is 0 Å². The van der Waals surface area contributed by atoms with Crippen molar-refractivity contribution >= 4 is 46.3 Å². The number of ether oxygens (including phenoxy) is 2. The number of aryl methyl sites for hydroxylation is 1. The van der Waals surface area contributed by atoms with Gasteiger partial charge in [0, 0.05) is 28.8 Å². The fourth-order valence-corrected chi connectivity index (χ4v) is 8.72. The van der Waals surface area contributed by atoms with Crippen LogP contribution in [0.3, 0.4) is 0 Å². The van der Waals surface area contributed by atoms with Gasteiger partial charge in [-0.3, -0.25) is 24.0 Å². The van der Waals surface area contributed by atoms with Crippen LogP contribution in [0.15, 0.2) is 64.0 Å². The van der Waals surface area contributed by atoms with Crippen molar-refractivity contribution in [3.05, 3.63) is 76.4 Å². The molecule has 13 nitrogen and oxygen atoms in total. The van der Waals surface area contributed by atoms with E-state index < -0.39 is 40.3 Å². The van der Waals surface area contributed by atoms with Crippen LogP contribution >= 0.6 is 0 Å². The number of methoxy groups -OCH3 is 2. The zero-order chi connectivity index (χ0) is 35.6. The molecule has 3 N–H and O–H groups in total. The first-order valence-corrected chi connectivity index (χ1v) is 16.9. The summed E-state index contributed by atoms with van der Waals surface area (Å²) in [5, 5.41) is 9.28. The van der Waals surface area contributed by atoms with Crippen LogP contribution in [-0.2, 0) is 35.2 Å². The number of nitrogens with one attached hydrogen (secondary N) is 3. The predicted octanol–water partition coefficient (Wildman–Crippen LogP) is 3.78. The number of furan rings is 1. The van der Waals surface area contributed by atoms with Crippen molar-refractivity contribution in [1.82, 2.24) is 15.2 Å². The van der Waals surface area contributed by atoms with Crippen molar-refractivity contribution in [2.45, 2.75) is 76.4 Å². The third-order valence-corrected chi connectivity index (χ3v) is 10.4. The Hall–Kier alpha value is -5.20. The maximum Gasteiger partial charge on any atom is 0.330 e. The minimum absolute atomic E-state index is 0.0544. The molecule has 4 bridgehead atoms. The molecule has 13 heteroatoms. The molecular formula is C37H42N4O9. The lowest BCUT2D eigenvalue weighted by Crippen LogP contribution is -2.65. The fourth-order valence-electron chi connectivity index (χ4n) is 8.72. The summed E-state index contributed by atoms with van der Waals surface area (Å²) in [4.78, 5) is 78.3. The molecule has 0 radical (unpaired) electrons. The standard InChI is InChI=1S/C37H42N4O9/c1-22-25-9-4-6-12-28(25)50-31(22)33(45)38-26(10-5-7-13-30(43)48-2)32(44)39-27-11-8-14-41(34(27)46)20-29(42)40-37-18-23-15-24(19-37)17-36(16-23,21-37)35(47)49-3/h4,6-9,11-14,23-24,26H,5,10,15-21H2,1-3H3,(H,38,45)(H,39,44)(H,40,42)/b13-7+/t23?,24?,26-,36?,37?/m0/s1. The molecule has 2 heterocycles. The second kappa shape index (κ2) is 14.0. The minimum atomic E-state index is -1.12. The number of hydrogen-bond acceptors (Lipinski definition) is 9.